The Labute approximate surface area is 378 Å². The van der Waals surface area contributed by atoms with Crippen molar-refractivity contribution >= 4 is 17.9 Å². The molecule has 356 valence electrons. The molecule has 1 atom stereocenters. The fourth-order valence-electron chi connectivity index (χ4n) is 7.69. The lowest BCUT2D eigenvalue weighted by molar-refractivity contribution is -0.167. The first-order chi connectivity index (χ1) is 30.0. The summed E-state index contributed by atoms with van der Waals surface area (Å²) in [5.74, 6) is -0.877. The minimum Gasteiger partial charge on any atom is -0.462 e. The van der Waals surface area contributed by atoms with Crippen LogP contribution in [0.15, 0.2) is 36.5 Å². The molecule has 0 aromatic rings. The van der Waals surface area contributed by atoms with E-state index in [0.29, 0.717) is 19.3 Å². The molecule has 0 bridgehead atoms. The van der Waals surface area contributed by atoms with Crippen molar-refractivity contribution < 1.29 is 28.6 Å². The summed E-state index contributed by atoms with van der Waals surface area (Å²) in [6.07, 6.45) is 58.4. The first-order valence-electron chi connectivity index (χ1n) is 26.5. The first-order valence-corrected chi connectivity index (χ1v) is 26.5. The van der Waals surface area contributed by atoms with Gasteiger partial charge in [-0.15, -0.1) is 0 Å². The molecule has 61 heavy (non-hydrogen) atoms. The molecule has 0 N–H and O–H groups in total. The van der Waals surface area contributed by atoms with Gasteiger partial charge < -0.3 is 14.2 Å². The second kappa shape index (κ2) is 50.3. The highest BCUT2D eigenvalue weighted by atomic mass is 16.6. The zero-order valence-electron chi connectivity index (χ0n) is 40.7. The summed E-state index contributed by atoms with van der Waals surface area (Å²) in [6.45, 7) is 6.54. The van der Waals surface area contributed by atoms with Gasteiger partial charge in [0.15, 0.2) is 6.10 Å². The monoisotopic (exact) mass is 857 g/mol. The van der Waals surface area contributed by atoms with E-state index in [-0.39, 0.29) is 31.1 Å². The molecule has 0 aromatic heterocycles. The van der Waals surface area contributed by atoms with Crippen LogP contribution in [0.25, 0.3) is 0 Å². The highest BCUT2D eigenvalue weighted by molar-refractivity contribution is 5.71. The molecule has 0 fully saturated rings. The van der Waals surface area contributed by atoms with Crippen molar-refractivity contribution in [2.24, 2.45) is 0 Å². The summed E-state index contributed by atoms with van der Waals surface area (Å²) < 4.78 is 16.8. The Kier molecular flexibility index (Phi) is 48.3. The minimum absolute atomic E-state index is 0.0732. The van der Waals surface area contributed by atoms with Gasteiger partial charge >= 0.3 is 17.9 Å². The van der Waals surface area contributed by atoms with Gasteiger partial charge in [0.25, 0.3) is 0 Å². The van der Waals surface area contributed by atoms with Gasteiger partial charge in [-0.1, -0.05) is 243 Å². The Morgan fingerprint density at radius 2 is 0.639 bits per heavy atom. The lowest BCUT2D eigenvalue weighted by atomic mass is 10.0. The summed E-state index contributed by atoms with van der Waals surface area (Å²) in [5, 5.41) is 0. The topological polar surface area (TPSA) is 78.9 Å². The molecule has 0 aliphatic carbocycles. The number of hydrogen-bond acceptors (Lipinski definition) is 6. The summed E-state index contributed by atoms with van der Waals surface area (Å²) >= 11 is 0. The van der Waals surface area contributed by atoms with Gasteiger partial charge in [0.2, 0.25) is 0 Å². The van der Waals surface area contributed by atoms with Crippen molar-refractivity contribution in [1.29, 1.82) is 0 Å². The van der Waals surface area contributed by atoms with E-state index < -0.39 is 6.10 Å². The molecule has 0 unspecified atom stereocenters. The van der Waals surface area contributed by atoms with Crippen molar-refractivity contribution in [2.45, 2.75) is 284 Å². The van der Waals surface area contributed by atoms with Crippen LogP contribution in [-0.2, 0) is 28.6 Å². The molecule has 6 heteroatoms. The quantitative estimate of drug-likeness (QED) is 0.0262. The Morgan fingerprint density at radius 3 is 1.00 bits per heavy atom. The summed E-state index contributed by atoms with van der Waals surface area (Å²) in [7, 11) is 0. The molecule has 0 spiro atoms. The van der Waals surface area contributed by atoms with Crippen LogP contribution in [0.3, 0.4) is 0 Å². The molecule has 6 nitrogen and oxygen atoms in total. The molecule has 0 radical (unpaired) electrons. The van der Waals surface area contributed by atoms with Gasteiger partial charge in [-0.2, -0.15) is 0 Å². The molecule has 0 aliphatic rings. The molecule has 0 rings (SSSR count). The van der Waals surface area contributed by atoms with Crippen LogP contribution in [-0.4, -0.2) is 37.2 Å². The molecule has 0 saturated heterocycles. The lowest BCUT2D eigenvalue weighted by Crippen LogP contribution is -2.30. The number of hydrogen-bond donors (Lipinski definition) is 0. The average Bonchev–Trinajstić information content (AvgIpc) is 3.26. The number of rotatable bonds is 48. The zero-order chi connectivity index (χ0) is 44.4. The molecule has 0 aliphatic heterocycles. The van der Waals surface area contributed by atoms with Crippen molar-refractivity contribution in [3.05, 3.63) is 36.5 Å². The van der Waals surface area contributed by atoms with E-state index in [0.717, 1.165) is 96.3 Å². The predicted molar refractivity (Wildman–Crippen MR) is 261 cm³/mol. The number of ether oxygens (including phenoxy) is 3. The highest BCUT2D eigenvalue weighted by Gasteiger charge is 2.19. The fraction of sp³-hybridized carbons (Fsp3) is 0.836. The van der Waals surface area contributed by atoms with E-state index in [1.807, 2.05) is 0 Å². The maximum absolute atomic E-state index is 12.8. The van der Waals surface area contributed by atoms with E-state index in [1.54, 1.807) is 0 Å². The Hall–Kier alpha value is -2.37. The van der Waals surface area contributed by atoms with Gasteiger partial charge in [0, 0.05) is 19.3 Å². The smallest absolute Gasteiger partial charge is 0.306 e. The van der Waals surface area contributed by atoms with E-state index in [1.165, 1.54) is 141 Å². The van der Waals surface area contributed by atoms with E-state index >= 15 is 0 Å². The Morgan fingerprint density at radius 1 is 0.344 bits per heavy atom. The summed E-state index contributed by atoms with van der Waals surface area (Å²) in [4.78, 5) is 38.0. The fourth-order valence-corrected chi connectivity index (χ4v) is 7.69. The van der Waals surface area contributed by atoms with Crippen LogP contribution in [0.1, 0.15) is 278 Å². The van der Waals surface area contributed by atoms with Crippen molar-refractivity contribution in [2.75, 3.05) is 13.2 Å². The number of allylic oxidation sites excluding steroid dienone is 6. The molecular weight excluding hydrogens is 757 g/mol. The van der Waals surface area contributed by atoms with E-state index in [2.05, 4.69) is 57.2 Å². The standard InChI is InChI=1S/C55H100O6/c1-4-7-10-13-16-19-22-25-27-30-32-35-38-41-44-47-53(56)59-50-52(61-55(58)49-46-43-40-37-34-29-24-21-18-15-12-9-6-3)51-60-54(57)48-45-42-39-36-33-31-28-26-23-20-17-14-11-8-5-2/h7,10,16,19,25,27,52H,4-6,8-9,11-15,17-18,20-24,26,28-51H2,1-3H3/t52-/m0/s1. The van der Waals surface area contributed by atoms with Crippen molar-refractivity contribution in [3.8, 4) is 0 Å². The maximum Gasteiger partial charge on any atom is 0.306 e. The SMILES string of the molecule is CCC=CCC=CCC=CCCCCCCCC(=O)OC[C@@H](COC(=O)CCCCCCCCCCCCCCCCC)OC(=O)CCCCCCCCCCCCCCC. The van der Waals surface area contributed by atoms with Gasteiger partial charge in [-0.3, -0.25) is 14.4 Å². The highest BCUT2D eigenvalue weighted by Crippen LogP contribution is 2.16. The molecule has 0 aromatic carbocycles. The number of carbonyl (C=O) groups is 3. The van der Waals surface area contributed by atoms with Crippen molar-refractivity contribution in [1.82, 2.24) is 0 Å². The van der Waals surface area contributed by atoms with Gasteiger partial charge in [0.05, 0.1) is 0 Å². The van der Waals surface area contributed by atoms with Crippen LogP contribution in [0.2, 0.25) is 0 Å². The second-order valence-electron chi connectivity index (χ2n) is 17.8. The molecule has 0 amide bonds. The van der Waals surface area contributed by atoms with Crippen LogP contribution < -0.4 is 0 Å². The number of carbonyl (C=O) groups excluding carboxylic acids is 3. The third-order valence-corrected chi connectivity index (χ3v) is 11.7. The third-order valence-electron chi connectivity index (χ3n) is 11.7. The Bertz CT molecular complexity index is 1030. The summed E-state index contributed by atoms with van der Waals surface area (Å²) in [5.41, 5.74) is 0. The van der Waals surface area contributed by atoms with Crippen LogP contribution >= 0.6 is 0 Å². The van der Waals surface area contributed by atoms with Gasteiger partial charge in [0.1, 0.15) is 13.2 Å². The minimum atomic E-state index is -0.773. The van der Waals surface area contributed by atoms with Gasteiger partial charge in [-0.05, 0) is 51.4 Å². The number of unbranched alkanes of at least 4 members (excludes halogenated alkanes) is 31. The predicted octanol–water partition coefficient (Wildman–Crippen LogP) is 17.3. The second-order valence-corrected chi connectivity index (χ2v) is 17.8. The summed E-state index contributed by atoms with van der Waals surface area (Å²) in [6, 6.07) is 0. The molecular formula is C55H100O6. The van der Waals surface area contributed by atoms with Gasteiger partial charge in [-0.25, -0.2) is 0 Å². The van der Waals surface area contributed by atoms with Crippen LogP contribution in [0, 0.1) is 0 Å². The number of esters is 3. The Balaban J connectivity index is 4.36. The maximum atomic E-state index is 12.8. The molecule has 0 saturated carbocycles. The molecule has 0 heterocycles. The van der Waals surface area contributed by atoms with E-state index in [9.17, 15) is 14.4 Å². The average molecular weight is 857 g/mol. The zero-order valence-corrected chi connectivity index (χ0v) is 40.7. The third kappa shape index (κ3) is 48.5. The lowest BCUT2D eigenvalue weighted by Gasteiger charge is -2.18. The van der Waals surface area contributed by atoms with Crippen LogP contribution in [0.5, 0.6) is 0 Å². The first kappa shape index (κ1) is 58.6. The largest absolute Gasteiger partial charge is 0.462 e. The van der Waals surface area contributed by atoms with Crippen molar-refractivity contribution in [3.63, 3.8) is 0 Å². The van der Waals surface area contributed by atoms with E-state index in [4.69, 9.17) is 14.2 Å². The normalized spacial score (nSPS) is 12.2. The van der Waals surface area contributed by atoms with Crippen LogP contribution in [0.4, 0.5) is 0 Å².